The number of carboxylic acid groups (broad SMARTS) is 1. The molecule has 6 atom stereocenters. The lowest BCUT2D eigenvalue weighted by atomic mass is 9.98. The Hall–Kier alpha value is -6.30. The number of carboxylic acids is 1. The molecule has 3 aromatic carbocycles. The van der Waals surface area contributed by atoms with Gasteiger partial charge < -0.3 is 58.1 Å². The van der Waals surface area contributed by atoms with Crippen LogP contribution in [0, 0.1) is 0 Å². The number of fused-ring (bicyclic) bond motifs is 1. The number of hydrogen-bond acceptors (Lipinski definition) is 9. The number of para-hydroxylation sites is 1. The van der Waals surface area contributed by atoms with Crippen LogP contribution < -0.4 is 32.7 Å². The Kier molecular flexibility index (Phi) is 16.5. The second-order valence-corrected chi connectivity index (χ2v) is 13.5. The summed E-state index contributed by atoms with van der Waals surface area (Å²) in [4.78, 5) is 71.7. The number of aliphatic hydroxyl groups is 3. The van der Waals surface area contributed by atoms with E-state index in [-0.39, 0.29) is 56.7 Å². The van der Waals surface area contributed by atoms with Crippen molar-refractivity contribution in [1.82, 2.24) is 26.3 Å². The van der Waals surface area contributed by atoms with Crippen molar-refractivity contribution in [3.05, 3.63) is 108 Å². The molecule has 4 amide bonds. The van der Waals surface area contributed by atoms with Gasteiger partial charge in [-0.3, -0.25) is 24.2 Å². The zero-order valence-corrected chi connectivity index (χ0v) is 31.2. The van der Waals surface area contributed by atoms with E-state index in [0.717, 1.165) is 22.0 Å². The standard InChI is InChI=1S/C40H50N8O9/c41-40(42)44-18-9-16-29(37(54)48-35(39(56)57)36(53)25-12-5-2-6-13-25)46-34(52)22-31(49)30(21-26-23-45-28-15-8-7-14-27(26)28)47-33(51)17-19-43-38(55)32(50)20-24-10-3-1-4-11-24/h1-8,10-15,23,29-32,35-36,45,49-50,53H,9,16-22H2,(H,43,55)(H,46,52)(H,47,51)(H,48,54)(H,56,57)(H4,41,42,44)/t29-,30-,31+,32-,35-,36-/m0/s1. The molecule has 0 saturated heterocycles. The van der Waals surface area contributed by atoms with Gasteiger partial charge >= 0.3 is 5.97 Å². The van der Waals surface area contributed by atoms with Gasteiger partial charge in [0.25, 0.3) is 0 Å². The number of aliphatic imine (C=N–C) groups is 1. The highest BCUT2D eigenvalue weighted by atomic mass is 16.4. The molecule has 1 heterocycles. The highest BCUT2D eigenvalue weighted by Crippen LogP contribution is 2.21. The van der Waals surface area contributed by atoms with E-state index in [1.807, 2.05) is 30.3 Å². The van der Waals surface area contributed by atoms with Gasteiger partial charge in [-0.25, -0.2) is 4.79 Å². The Balaban J connectivity index is 1.43. The molecule has 0 unspecified atom stereocenters. The zero-order chi connectivity index (χ0) is 41.3. The Morgan fingerprint density at radius 3 is 2.12 bits per heavy atom. The molecule has 17 heteroatoms. The Bertz CT molecular complexity index is 1970. The minimum atomic E-state index is -1.77. The Labute approximate surface area is 328 Å². The lowest BCUT2D eigenvalue weighted by molar-refractivity contribution is -0.145. The van der Waals surface area contributed by atoms with Crippen LogP contribution >= 0.6 is 0 Å². The van der Waals surface area contributed by atoms with Crippen LogP contribution in [-0.2, 0) is 36.8 Å². The summed E-state index contributed by atoms with van der Waals surface area (Å²) < 4.78 is 0. The third-order valence-corrected chi connectivity index (χ3v) is 9.16. The summed E-state index contributed by atoms with van der Waals surface area (Å²) in [5, 5.41) is 53.4. The molecule has 4 aromatic rings. The van der Waals surface area contributed by atoms with Crippen LogP contribution in [0.3, 0.4) is 0 Å². The quantitative estimate of drug-likeness (QED) is 0.0284. The molecule has 304 valence electrons. The maximum absolute atomic E-state index is 13.5. The van der Waals surface area contributed by atoms with Crippen LogP contribution in [0.5, 0.6) is 0 Å². The molecule has 0 radical (unpaired) electrons. The number of nitrogens with one attached hydrogen (secondary N) is 5. The van der Waals surface area contributed by atoms with Gasteiger partial charge in [-0.15, -0.1) is 0 Å². The van der Waals surface area contributed by atoms with Gasteiger partial charge in [0.05, 0.1) is 18.6 Å². The number of aromatic nitrogens is 1. The van der Waals surface area contributed by atoms with E-state index in [0.29, 0.717) is 0 Å². The average molecular weight is 787 g/mol. The lowest BCUT2D eigenvalue weighted by Crippen LogP contribution is -2.54. The van der Waals surface area contributed by atoms with Gasteiger partial charge in [-0.2, -0.15) is 0 Å². The molecular formula is C40H50N8O9. The average Bonchev–Trinajstić information content (AvgIpc) is 3.60. The minimum absolute atomic E-state index is 0.0422. The largest absolute Gasteiger partial charge is 0.480 e. The fraction of sp³-hybridized carbons (Fsp3) is 0.350. The second kappa shape index (κ2) is 21.7. The number of hydrogen-bond donors (Lipinski definition) is 11. The SMILES string of the molecule is NC(N)=NCCC[C@H](NC(=O)C[C@@H](O)[C@H](Cc1c[nH]c2ccccc12)NC(=O)CCNC(=O)[C@@H](O)Cc1ccccc1)C(=O)N[C@H](C(=O)O)[C@@H](O)c1ccccc1. The molecule has 0 fully saturated rings. The second-order valence-electron chi connectivity index (χ2n) is 13.5. The number of nitrogens with zero attached hydrogens (tertiary/aromatic N) is 1. The van der Waals surface area contributed by atoms with E-state index in [2.05, 4.69) is 31.2 Å². The molecule has 0 aliphatic carbocycles. The lowest BCUT2D eigenvalue weighted by Gasteiger charge is -2.26. The van der Waals surface area contributed by atoms with Crippen molar-refractivity contribution in [1.29, 1.82) is 0 Å². The summed E-state index contributed by atoms with van der Waals surface area (Å²) in [5.74, 6) is -4.61. The number of rotatable bonds is 22. The molecule has 0 saturated carbocycles. The highest BCUT2D eigenvalue weighted by molar-refractivity contribution is 5.91. The van der Waals surface area contributed by atoms with Crippen molar-refractivity contribution in [2.75, 3.05) is 13.1 Å². The molecule has 0 bridgehead atoms. The van der Waals surface area contributed by atoms with E-state index in [1.165, 1.54) is 12.1 Å². The minimum Gasteiger partial charge on any atom is -0.480 e. The van der Waals surface area contributed by atoms with E-state index < -0.39 is 72.5 Å². The van der Waals surface area contributed by atoms with Crippen LogP contribution in [0.2, 0.25) is 0 Å². The van der Waals surface area contributed by atoms with E-state index >= 15 is 0 Å². The van der Waals surface area contributed by atoms with Crippen LogP contribution in [0.1, 0.15) is 48.5 Å². The fourth-order valence-corrected chi connectivity index (χ4v) is 6.18. The molecule has 1 aromatic heterocycles. The predicted molar refractivity (Wildman–Crippen MR) is 211 cm³/mol. The maximum atomic E-state index is 13.5. The normalized spacial score (nSPS) is 14.2. The molecule has 17 nitrogen and oxygen atoms in total. The van der Waals surface area contributed by atoms with Crippen molar-refractivity contribution < 1.29 is 44.4 Å². The van der Waals surface area contributed by atoms with Gasteiger partial charge in [0.1, 0.15) is 18.2 Å². The third-order valence-electron chi connectivity index (χ3n) is 9.16. The monoisotopic (exact) mass is 786 g/mol. The first-order valence-electron chi connectivity index (χ1n) is 18.5. The van der Waals surface area contributed by atoms with Crippen LogP contribution in [0.4, 0.5) is 0 Å². The summed E-state index contributed by atoms with van der Waals surface area (Å²) in [6, 6.07) is 20.1. The third kappa shape index (κ3) is 13.7. The van der Waals surface area contributed by atoms with Crippen LogP contribution in [0.15, 0.2) is 96.1 Å². The topological polar surface area (TPSA) is 295 Å². The Morgan fingerprint density at radius 1 is 0.772 bits per heavy atom. The molecule has 0 spiro atoms. The molecular weight excluding hydrogens is 736 g/mol. The van der Waals surface area contributed by atoms with E-state index in [4.69, 9.17) is 11.5 Å². The number of aromatic amines is 1. The smallest absolute Gasteiger partial charge is 0.329 e. The first-order valence-corrected chi connectivity index (χ1v) is 18.5. The molecule has 0 aliphatic heterocycles. The summed E-state index contributed by atoms with van der Waals surface area (Å²) in [5.41, 5.74) is 13.4. The van der Waals surface area contributed by atoms with Gasteiger partial charge in [0, 0.05) is 43.0 Å². The summed E-state index contributed by atoms with van der Waals surface area (Å²) in [6.07, 6.45) is -3.16. The summed E-state index contributed by atoms with van der Waals surface area (Å²) in [6.45, 7) is -0.0232. The van der Waals surface area contributed by atoms with Crippen LogP contribution in [0.25, 0.3) is 10.9 Å². The Morgan fingerprint density at radius 2 is 1.44 bits per heavy atom. The van der Waals surface area contributed by atoms with Gasteiger partial charge in [0.15, 0.2) is 12.0 Å². The number of carbonyl (C=O) groups is 5. The number of H-pyrrole nitrogens is 1. The van der Waals surface area contributed by atoms with Crippen molar-refractivity contribution in [2.45, 2.75) is 75.0 Å². The summed E-state index contributed by atoms with van der Waals surface area (Å²) in [7, 11) is 0. The predicted octanol–water partition coefficient (Wildman–Crippen LogP) is -0.102. The first-order chi connectivity index (χ1) is 27.3. The number of benzene rings is 3. The van der Waals surface area contributed by atoms with Crippen molar-refractivity contribution in [3.63, 3.8) is 0 Å². The number of carbonyl (C=O) groups excluding carboxylic acids is 4. The number of aliphatic hydroxyl groups excluding tert-OH is 3. The zero-order valence-electron chi connectivity index (χ0n) is 31.2. The number of guanidine groups is 1. The molecule has 4 rings (SSSR count). The van der Waals surface area contributed by atoms with Crippen LogP contribution in [-0.4, -0.2) is 104 Å². The fourth-order valence-electron chi connectivity index (χ4n) is 6.18. The number of aliphatic carboxylic acids is 1. The van der Waals surface area contributed by atoms with Gasteiger partial charge in [-0.1, -0.05) is 78.9 Å². The van der Waals surface area contributed by atoms with Crippen molar-refractivity contribution in [2.24, 2.45) is 16.5 Å². The van der Waals surface area contributed by atoms with Gasteiger partial charge in [-0.05, 0) is 42.0 Å². The van der Waals surface area contributed by atoms with Crippen molar-refractivity contribution >= 4 is 46.5 Å². The van der Waals surface area contributed by atoms with Gasteiger partial charge in [0.2, 0.25) is 23.6 Å². The highest BCUT2D eigenvalue weighted by Gasteiger charge is 2.33. The molecule has 57 heavy (non-hydrogen) atoms. The first kappa shape index (κ1) is 43.4. The molecule has 0 aliphatic rings. The maximum Gasteiger partial charge on any atom is 0.329 e. The summed E-state index contributed by atoms with van der Waals surface area (Å²) >= 11 is 0. The number of nitrogens with two attached hydrogens (primary N) is 2. The van der Waals surface area contributed by atoms with E-state index in [1.54, 1.807) is 48.7 Å². The number of amides is 4. The molecule has 13 N–H and O–H groups in total. The van der Waals surface area contributed by atoms with Crippen molar-refractivity contribution in [3.8, 4) is 0 Å². The van der Waals surface area contributed by atoms with E-state index in [9.17, 15) is 44.4 Å².